The molecule has 1 aromatic rings. The van der Waals surface area contributed by atoms with Gasteiger partial charge >= 0.3 is 0 Å². The number of hydrogen-bond donors (Lipinski definition) is 0. The maximum Gasteiger partial charge on any atom is 0.0682 e. The van der Waals surface area contributed by atoms with Gasteiger partial charge < -0.3 is 0 Å². The zero-order chi connectivity index (χ0) is 9.42. The summed E-state index contributed by atoms with van der Waals surface area (Å²) >= 11 is 0. The molecule has 0 aliphatic heterocycles. The Morgan fingerprint density at radius 2 is 2.14 bits per heavy atom. The van der Waals surface area contributed by atoms with E-state index in [0.717, 1.165) is 17.2 Å². The van der Waals surface area contributed by atoms with Crippen LogP contribution in [0.3, 0.4) is 0 Å². The summed E-state index contributed by atoms with van der Waals surface area (Å²) < 4.78 is 0. The second kappa shape index (κ2) is 4.33. The van der Waals surface area contributed by atoms with Gasteiger partial charge in [-0.05, 0) is 49.3 Å². The molecule has 0 saturated heterocycles. The Morgan fingerprint density at radius 3 is 2.57 bits per heavy atom. The van der Waals surface area contributed by atoms with Crippen LogP contribution in [0.4, 0.5) is 0 Å². The summed E-state index contributed by atoms with van der Waals surface area (Å²) in [6.45, 7) is 8.03. The molecule has 1 radical (unpaired) electrons. The summed E-state index contributed by atoms with van der Waals surface area (Å²) in [7, 11) is 0. The molecule has 0 atom stereocenters. The summed E-state index contributed by atoms with van der Waals surface area (Å²) in [5.74, 6) is 0.797. The van der Waals surface area contributed by atoms with Crippen molar-refractivity contribution in [2.24, 2.45) is 0 Å². The molecule has 1 aromatic heterocycles. The van der Waals surface area contributed by atoms with Crippen molar-refractivity contribution in [1.82, 2.24) is 4.98 Å². The zero-order valence-electron chi connectivity index (χ0n) is 8.75. The van der Waals surface area contributed by atoms with Gasteiger partial charge in [-0.1, -0.05) is 12.6 Å². The van der Waals surface area contributed by atoms with Crippen LogP contribution in [0, 0.1) is 6.92 Å². The quantitative estimate of drug-likeness (QED) is 0.751. The van der Waals surface area contributed by atoms with Crippen LogP contribution in [0.15, 0.2) is 18.8 Å². The molecular formula is C12H15NV. The molecule has 0 N–H and O–H groups in total. The van der Waals surface area contributed by atoms with Crippen molar-refractivity contribution in [3.05, 3.63) is 35.7 Å². The van der Waals surface area contributed by atoms with Crippen molar-refractivity contribution >= 4 is 5.57 Å². The normalized spacial score (nSPS) is 14.7. The van der Waals surface area contributed by atoms with E-state index in [0.29, 0.717) is 0 Å². The molecule has 0 bridgehead atoms. The molecule has 0 unspecified atom stereocenters. The molecule has 1 saturated carbocycles. The molecule has 1 aliphatic rings. The number of pyridine rings is 1. The molecule has 2 rings (SSSR count). The standard InChI is InChI=1S/C12H15N.V/c1-8(2)12-9(3)6-11(7-13-12)10-4-5-10;/h6-7,10H,1,4-5H2,2-3H3;. The van der Waals surface area contributed by atoms with Crippen molar-refractivity contribution in [2.45, 2.75) is 32.6 Å². The summed E-state index contributed by atoms with van der Waals surface area (Å²) in [6, 6.07) is 2.26. The Morgan fingerprint density at radius 1 is 1.50 bits per heavy atom. The summed E-state index contributed by atoms with van der Waals surface area (Å²) in [5, 5.41) is 0. The molecule has 14 heavy (non-hydrogen) atoms. The fourth-order valence-electron chi connectivity index (χ4n) is 1.68. The molecule has 73 valence electrons. The minimum absolute atomic E-state index is 0. The predicted molar refractivity (Wildman–Crippen MR) is 55.7 cm³/mol. The van der Waals surface area contributed by atoms with Crippen molar-refractivity contribution < 1.29 is 18.6 Å². The second-order valence-electron chi connectivity index (χ2n) is 3.99. The van der Waals surface area contributed by atoms with Gasteiger partial charge in [0.1, 0.15) is 0 Å². The first-order valence-corrected chi connectivity index (χ1v) is 4.81. The van der Waals surface area contributed by atoms with Gasteiger partial charge in [-0.25, -0.2) is 0 Å². The van der Waals surface area contributed by atoms with E-state index in [9.17, 15) is 0 Å². The second-order valence-corrected chi connectivity index (χ2v) is 3.99. The van der Waals surface area contributed by atoms with Crippen molar-refractivity contribution in [1.29, 1.82) is 0 Å². The minimum Gasteiger partial charge on any atom is -0.256 e. The van der Waals surface area contributed by atoms with Crippen LogP contribution in [0.2, 0.25) is 0 Å². The van der Waals surface area contributed by atoms with Gasteiger partial charge in [-0.3, -0.25) is 4.98 Å². The van der Waals surface area contributed by atoms with Gasteiger partial charge in [0.2, 0.25) is 0 Å². The Kier molecular flexibility index (Phi) is 3.57. The van der Waals surface area contributed by atoms with Crippen LogP contribution in [-0.2, 0) is 18.6 Å². The van der Waals surface area contributed by atoms with Gasteiger partial charge in [0.15, 0.2) is 0 Å². The van der Waals surface area contributed by atoms with Crippen LogP contribution in [0.1, 0.15) is 42.5 Å². The Bertz CT molecular complexity index is 353. The fourth-order valence-corrected chi connectivity index (χ4v) is 1.68. The Balaban J connectivity index is 0.000000980. The maximum absolute atomic E-state index is 4.44. The SMILES string of the molecule is C=C(C)c1ncc(C2CC2)cc1C.[V]. The molecule has 1 heterocycles. The zero-order valence-corrected chi connectivity index (χ0v) is 10.1. The van der Waals surface area contributed by atoms with E-state index in [2.05, 4.69) is 24.6 Å². The van der Waals surface area contributed by atoms with E-state index in [1.165, 1.54) is 24.0 Å². The molecule has 0 amide bonds. The van der Waals surface area contributed by atoms with Crippen LogP contribution in [0.25, 0.3) is 5.57 Å². The monoisotopic (exact) mass is 224 g/mol. The first-order valence-electron chi connectivity index (χ1n) is 4.81. The third-order valence-electron chi connectivity index (χ3n) is 2.55. The predicted octanol–water partition coefficient (Wildman–Crippen LogP) is 3.30. The number of rotatable bonds is 2. The fraction of sp³-hybridized carbons (Fsp3) is 0.417. The first kappa shape index (κ1) is 11.5. The van der Waals surface area contributed by atoms with E-state index in [1.54, 1.807) is 0 Å². The third kappa shape index (κ3) is 2.28. The minimum atomic E-state index is 0. The summed E-state index contributed by atoms with van der Waals surface area (Å²) in [6.07, 6.45) is 4.69. The van der Waals surface area contributed by atoms with Crippen molar-refractivity contribution in [3.63, 3.8) is 0 Å². The first-order chi connectivity index (χ1) is 6.18. The molecule has 2 heteroatoms. The Labute approximate surface area is 97.5 Å². The van der Waals surface area contributed by atoms with Crippen LogP contribution in [-0.4, -0.2) is 4.98 Å². The van der Waals surface area contributed by atoms with Crippen LogP contribution >= 0.6 is 0 Å². The molecule has 1 aliphatic carbocycles. The maximum atomic E-state index is 4.44. The number of aryl methyl sites for hydroxylation is 1. The number of nitrogens with zero attached hydrogens (tertiary/aromatic N) is 1. The molecule has 1 nitrogen and oxygen atoms in total. The van der Waals surface area contributed by atoms with Crippen molar-refractivity contribution in [3.8, 4) is 0 Å². The third-order valence-corrected chi connectivity index (χ3v) is 2.55. The average molecular weight is 224 g/mol. The van der Waals surface area contributed by atoms with E-state index in [-0.39, 0.29) is 18.6 Å². The number of allylic oxidation sites excluding steroid dienone is 1. The van der Waals surface area contributed by atoms with Crippen molar-refractivity contribution in [2.75, 3.05) is 0 Å². The van der Waals surface area contributed by atoms with Gasteiger partial charge in [0.05, 0.1) is 5.69 Å². The van der Waals surface area contributed by atoms with E-state index in [1.807, 2.05) is 13.1 Å². The Hall–Kier alpha value is -0.526. The molecular weight excluding hydrogens is 209 g/mol. The van der Waals surface area contributed by atoms with E-state index < -0.39 is 0 Å². The summed E-state index contributed by atoms with van der Waals surface area (Å²) in [5.41, 5.74) is 4.78. The smallest absolute Gasteiger partial charge is 0.0682 e. The van der Waals surface area contributed by atoms with E-state index in [4.69, 9.17) is 0 Å². The van der Waals surface area contributed by atoms with Gasteiger partial charge in [0.25, 0.3) is 0 Å². The topological polar surface area (TPSA) is 12.9 Å². The van der Waals surface area contributed by atoms with Gasteiger partial charge in [-0.2, -0.15) is 0 Å². The van der Waals surface area contributed by atoms with Crippen LogP contribution in [0.5, 0.6) is 0 Å². The van der Waals surface area contributed by atoms with E-state index >= 15 is 0 Å². The average Bonchev–Trinajstić information content (AvgIpc) is 2.85. The number of hydrogen-bond acceptors (Lipinski definition) is 1. The summed E-state index contributed by atoms with van der Waals surface area (Å²) in [4.78, 5) is 4.44. The molecule has 0 aromatic carbocycles. The molecule has 1 fully saturated rings. The van der Waals surface area contributed by atoms with Gasteiger partial charge in [-0.15, -0.1) is 0 Å². The number of aromatic nitrogens is 1. The van der Waals surface area contributed by atoms with Gasteiger partial charge in [0, 0.05) is 24.8 Å². The molecule has 0 spiro atoms. The van der Waals surface area contributed by atoms with Crippen LogP contribution < -0.4 is 0 Å². The largest absolute Gasteiger partial charge is 0.256 e.